The fraction of sp³-hybridized carbons (Fsp3) is 1.00. The number of hydrogen-bond donors (Lipinski definition) is 1. The number of aliphatic hydroxyl groups is 1. The van der Waals surface area contributed by atoms with Gasteiger partial charge in [-0.1, -0.05) is 20.3 Å². The first-order valence-corrected chi connectivity index (χ1v) is 3.18. The summed E-state index contributed by atoms with van der Waals surface area (Å²) < 4.78 is 31.6. The number of ether oxygens (including phenoxy) is 1. The molecule has 0 aliphatic heterocycles. The molecule has 56 valence electrons. The Morgan fingerprint density at radius 1 is 1.89 bits per heavy atom. The van der Waals surface area contributed by atoms with Gasteiger partial charge in [-0.3, -0.25) is 0 Å². The lowest BCUT2D eigenvalue weighted by atomic mass is 10.1. The van der Waals surface area contributed by atoms with Gasteiger partial charge in [-0.15, -0.1) is 0 Å². The van der Waals surface area contributed by atoms with Crippen LogP contribution in [-0.4, -0.2) is 19.9 Å². The summed E-state index contributed by atoms with van der Waals surface area (Å²) in [6.07, 6.45) is 0.380. The van der Waals surface area contributed by atoms with E-state index in [1.54, 1.807) is 0 Å². The Bertz CT molecular complexity index is 137. The van der Waals surface area contributed by atoms with Gasteiger partial charge in [0, 0.05) is 13.5 Å². The van der Waals surface area contributed by atoms with Gasteiger partial charge < -0.3 is 9.85 Å². The topological polar surface area (TPSA) is 29.5 Å². The van der Waals surface area contributed by atoms with Crippen molar-refractivity contribution in [2.24, 2.45) is 5.92 Å². The SMILES string of the molecule is [2H]OC(CC(C)CC)OC([2H])([2H])[2H]. The van der Waals surface area contributed by atoms with E-state index in [1.807, 2.05) is 13.8 Å². The first-order chi connectivity index (χ1) is 5.89. The molecule has 2 nitrogen and oxygen atoms in total. The van der Waals surface area contributed by atoms with Crippen LogP contribution in [0, 0.1) is 5.92 Å². The van der Waals surface area contributed by atoms with Crippen LogP contribution in [0.4, 0.5) is 0 Å². The third-order valence-corrected chi connectivity index (χ3v) is 1.42. The molecule has 9 heavy (non-hydrogen) atoms. The van der Waals surface area contributed by atoms with Crippen molar-refractivity contribution in [3.63, 3.8) is 0 Å². The predicted octanol–water partition coefficient (Wildman–Crippen LogP) is 1.39. The second kappa shape index (κ2) is 4.77. The highest BCUT2D eigenvalue weighted by atomic mass is 16.6. The van der Waals surface area contributed by atoms with Crippen LogP contribution in [0.2, 0.25) is 0 Å². The van der Waals surface area contributed by atoms with Crippen molar-refractivity contribution in [3.8, 4) is 0 Å². The van der Waals surface area contributed by atoms with Crippen LogP contribution in [0.3, 0.4) is 0 Å². The second-order valence-electron chi connectivity index (χ2n) is 2.30. The quantitative estimate of drug-likeness (QED) is 0.579. The van der Waals surface area contributed by atoms with E-state index in [2.05, 4.69) is 9.85 Å². The minimum absolute atomic E-state index is 0.290. The number of methoxy groups -OCH3 is 1. The van der Waals surface area contributed by atoms with Crippen molar-refractivity contribution in [2.75, 3.05) is 7.04 Å². The standard InChI is InChI=1S/C7H16O2/c1-4-6(2)5-7(8)9-3/h6-8H,4-5H2,1-3H3/i3D3,8D. The molecule has 0 fully saturated rings. The smallest absolute Gasteiger partial charge is 0.213 e. The zero-order valence-corrected chi connectivity index (χ0v) is 5.89. The Hall–Kier alpha value is -0.0800. The lowest BCUT2D eigenvalue weighted by Gasteiger charge is -2.12. The molecule has 0 aromatic rings. The Labute approximate surface area is 62.5 Å². The maximum Gasteiger partial charge on any atom is 0.213 e. The largest absolute Gasteiger partial charge is 0.368 e. The van der Waals surface area contributed by atoms with E-state index in [0.717, 1.165) is 6.42 Å². The third-order valence-electron chi connectivity index (χ3n) is 1.42. The Kier molecular flexibility index (Phi) is 2.09. The van der Waals surface area contributed by atoms with Crippen LogP contribution in [0.5, 0.6) is 0 Å². The van der Waals surface area contributed by atoms with Crippen LogP contribution in [0.25, 0.3) is 0 Å². The lowest BCUT2D eigenvalue weighted by molar-refractivity contribution is -0.0861. The van der Waals surface area contributed by atoms with Crippen LogP contribution < -0.4 is 0 Å². The van der Waals surface area contributed by atoms with Gasteiger partial charge in [0.1, 0.15) is 0 Å². The first-order valence-electron chi connectivity index (χ1n) is 5.09. The molecule has 0 saturated heterocycles. The van der Waals surface area contributed by atoms with Crippen molar-refractivity contribution in [2.45, 2.75) is 33.0 Å². The summed E-state index contributed by atoms with van der Waals surface area (Å²) in [6.45, 7) is 3.94. The van der Waals surface area contributed by atoms with Gasteiger partial charge in [0.15, 0.2) is 6.29 Å². The van der Waals surface area contributed by atoms with Crippen molar-refractivity contribution in [1.82, 2.24) is 0 Å². The molecular weight excluding hydrogens is 116 g/mol. The van der Waals surface area contributed by atoms with E-state index in [-0.39, 0.29) is 5.92 Å². The van der Waals surface area contributed by atoms with E-state index in [0.29, 0.717) is 6.42 Å². The van der Waals surface area contributed by atoms with Crippen LogP contribution in [0.1, 0.15) is 30.8 Å². The zero-order chi connectivity index (χ0) is 10.5. The number of aliphatic hydroxyl groups excluding tert-OH is 1. The van der Waals surface area contributed by atoms with Crippen LogP contribution >= 0.6 is 0 Å². The number of hydrogen-bond acceptors (Lipinski definition) is 2. The molecule has 2 atom stereocenters. The highest BCUT2D eigenvalue weighted by molar-refractivity contribution is 4.50. The van der Waals surface area contributed by atoms with Crippen molar-refractivity contribution < 1.29 is 14.0 Å². The molecule has 0 spiro atoms. The van der Waals surface area contributed by atoms with E-state index in [4.69, 9.17) is 5.54 Å². The van der Waals surface area contributed by atoms with Crippen molar-refractivity contribution >= 4 is 0 Å². The Balaban J connectivity index is 3.89. The fourth-order valence-electron chi connectivity index (χ4n) is 0.543. The van der Waals surface area contributed by atoms with Crippen molar-refractivity contribution in [1.29, 1.82) is 1.43 Å². The second-order valence-corrected chi connectivity index (χ2v) is 2.30. The molecule has 0 rings (SSSR count). The third kappa shape index (κ3) is 4.43. The molecular formula is C7H16O2. The zero-order valence-electron chi connectivity index (χ0n) is 9.89. The molecule has 2 unspecified atom stereocenters. The van der Waals surface area contributed by atoms with Gasteiger partial charge in [-0.05, 0) is 5.92 Å². The van der Waals surface area contributed by atoms with E-state index < -0.39 is 13.3 Å². The van der Waals surface area contributed by atoms with Gasteiger partial charge in [0.25, 0.3) is 0 Å². The average Bonchev–Trinajstić information content (AvgIpc) is 2.00. The summed E-state index contributed by atoms with van der Waals surface area (Å²) in [4.78, 5) is 0. The summed E-state index contributed by atoms with van der Waals surface area (Å²) >= 11 is 0. The summed E-state index contributed by atoms with van der Waals surface area (Å²) in [6, 6.07) is 0. The Morgan fingerprint density at radius 3 is 3.11 bits per heavy atom. The predicted molar refractivity (Wildman–Crippen MR) is 37.1 cm³/mol. The summed E-state index contributed by atoms with van der Waals surface area (Å²) in [5.74, 6) is 0.290. The highest BCUT2D eigenvalue weighted by Crippen LogP contribution is 2.09. The molecule has 0 aliphatic rings. The van der Waals surface area contributed by atoms with Gasteiger partial charge in [-0.25, -0.2) is 0 Å². The summed E-state index contributed by atoms with van der Waals surface area (Å²) in [5.41, 5.74) is 0. The maximum absolute atomic E-state index is 6.81. The minimum atomic E-state index is -2.49. The van der Waals surface area contributed by atoms with Crippen LogP contribution in [0.15, 0.2) is 0 Å². The summed E-state index contributed by atoms with van der Waals surface area (Å²) in [5, 5.41) is 4.17. The van der Waals surface area contributed by atoms with Gasteiger partial charge in [0.2, 0.25) is 1.43 Å². The first kappa shape index (κ1) is 3.94. The maximum atomic E-state index is 6.81. The van der Waals surface area contributed by atoms with Crippen molar-refractivity contribution in [3.05, 3.63) is 0 Å². The van der Waals surface area contributed by atoms with Gasteiger partial charge in [-0.2, -0.15) is 0 Å². The molecule has 0 aliphatic carbocycles. The molecule has 0 radical (unpaired) electrons. The summed E-state index contributed by atoms with van der Waals surface area (Å²) in [7, 11) is -2.49. The van der Waals surface area contributed by atoms with E-state index in [1.165, 1.54) is 0 Å². The number of rotatable bonds is 5. The highest BCUT2D eigenvalue weighted by Gasteiger charge is 2.05. The van der Waals surface area contributed by atoms with E-state index in [9.17, 15) is 0 Å². The molecule has 0 saturated carbocycles. The molecule has 0 bridgehead atoms. The molecule has 2 heteroatoms. The average molecular weight is 136 g/mol. The normalized spacial score (nSPS) is 25.1. The molecule has 0 heterocycles. The van der Waals surface area contributed by atoms with Gasteiger partial charge >= 0.3 is 0 Å². The van der Waals surface area contributed by atoms with Gasteiger partial charge in [0.05, 0.1) is 4.11 Å². The monoisotopic (exact) mass is 136 g/mol. The van der Waals surface area contributed by atoms with E-state index >= 15 is 0 Å². The molecule has 1 N–H and O–H groups in total. The molecule has 0 aromatic heterocycles. The minimum Gasteiger partial charge on any atom is -0.368 e. The lowest BCUT2D eigenvalue weighted by Crippen LogP contribution is -2.12. The molecule has 0 amide bonds. The Morgan fingerprint density at radius 2 is 2.67 bits per heavy atom. The fourth-order valence-corrected chi connectivity index (χ4v) is 0.543. The molecule has 0 aromatic carbocycles. The van der Waals surface area contributed by atoms with Crippen LogP contribution in [-0.2, 0) is 4.74 Å².